The molecule has 0 atom stereocenters. The van der Waals surface area contributed by atoms with E-state index in [4.69, 9.17) is 0 Å². The molecule has 448 valence electrons. The third-order valence-corrected chi connectivity index (χ3v) is 17.6. The number of amides is 6. The molecule has 0 saturated heterocycles. The molecule has 8 aromatic rings. The van der Waals surface area contributed by atoms with Gasteiger partial charge in [0, 0.05) is 66.5 Å². The molecular formula is C51H34N6Na6O23S6. The summed E-state index contributed by atoms with van der Waals surface area (Å²) in [4.78, 5) is 59.6. The van der Waals surface area contributed by atoms with E-state index in [2.05, 4.69) is 31.9 Å². The van der Waals surface area contributed by atoms with Crippen molar-refractivity contribution >= 4 is 146 Å². The van der Waals surface area contributed by atoms with Crippen LogP contribution in [-0.2, 0) is 60.7 Å². The first kappa shape index (κ1) is 85.0. The topological polar surface area (TPSA) is 501 Å². The fraction of sp³-hybridized carbons (Fsp3) is 0.0392. The Hall–Kier alpha value is -3.11. The molecule has 6 amide bonds. The third-order valence-electron chi connectivity index (χ3n) is 12.4. The minimum atomic E-state index is -5.75. The standard InChI is InChI=1S/C51H40N6O23S6.6Na/c1-25-9-11-29(49(60)54-37-13-15-41(83(69,70)71)35-21-33(81(63,64)65)23-43(45(35)37)85(75,76)77)19-39(25)56-47(58)27-5-3-7-31(17-27)52-51(62)53-32-8-4-6-28(18-32)48(59)57-40-20-30(12-10-26(40)2)50(61)55-38-14-16-42(84(72,73)74)36-22-34(82(66,67)68)24-44(46(36)38)86(78,79)80;;;;;;/h3-24H,1-2H3,(H,54,60)(H,55,61)(H,56,58)(H,57,59)(H2,52,53,62)(H,63,64,65)(H,66,67,68)(H,69,70,71)(H,72,73,74)(H,75,76,77)(H,78,79,80);;;;;;/q;6*+1/p-6. The first-order valence-corrected chi connectivity index (χ1v) is 31.9. The van der Waals surface area contributed by atoms with Gasteiger partial charge < -0.3 is 59.2 Å². The summed E-state index contributed by atoms with van der Waals surface area (Å²) >= 11 is 0. The number of aryl methyl sites for hydroxylation is 2. The average molecular weight is 1430 g/mol. The molecule has 0 aliphatic heterocycles. The van der Waals surface area contributed by atoms with Crippen LogP contribution in [-0.4, -0.2) is 107 Å². The van der Waals surface area contributed by atoms with Crippen LogP contribution in [0.3, 0.4) is 0 Å². The summed E-state index contributed by atoms with van der Waals surface area (Å²) in [6.45, 7) is 3.07. The first-order chi connectivity index (χ1) is 39.8. The number of nitrogens with one attached hydrogen (secondary N) is 6. The number of fused-ring (bicyclic) bond motifs is 2. The Bertz CT molecular complexity index is 4740. The van der Waals surface area contributed by atoms with Gasteiger partial charge in [-0.15, -0.1) is 0 Å². The Balaban J connectivity index is 0.00000480. The van der Waals surface area contributed by atoms with Crippen LogP contribution in [0.5, 0.6) is 0 Å². The summed E-state index contributed by atoms with van der Waals surface area (Å²) in [5.74, 6) is -3.71. The van der Waals surface area contributed by atoms with Crippen LogP contribution < -0.4 is 209 Å². The Morgan fingerprint density at radius 2 is 0.598 bits per heavy atom. The normalized spacial score (nSPS) is 11.5. The van der Waals surface area contributed by atoms with Gasteiger partial charge in [-0.1, -0.05) is 24.3 Å². The Morgan fingerprint density at radius 1 is 0.304 bits per heavy atom. The number of carbonyl (C=O) groups is 5. The van der Waals surface area contributed by atoms with E-state index >= 15 is 0 Å². The number of carbonyl (C=O) groups excluding carboxylic acids is 5. The van der Waals surface area contributed by atoms with Crippen LogP contribution in [0.15, 0.2) is 163 Å². The summed E-state index contributed by atoms with van der Waals surface area (Å²) in [6, 6.07) is 21.2. The Kier molecular flexibility index (Phi) is 30.4. The fourth-order valence-electron chi connectivity index (χ4n) is 8.46. The molecule has 41 heteroatoms. The second-order valence-corrected chi connectivity index (χ2v) is 26.4. The molecule has 0 spiro atoms. The van der Waals surface area contributed by atoms with Gasteiger partial charge in [0.05, 0.1) is 40.7 Å². The number of hydrogen-bond donors (Lipinski definition) is 6. The van der Waals surface area contributed by atoms with Crippen LogP contribution in [0.1, 0.15) is 52.6 Å². The second kappa shape index (κ2) is 33.0. The maximum atomic E-state index is 13.6. The summed E-state index contributed by atoms with van der Waals surface area (Å²) in [5, 5.41) is 11.0. The minimum absolute atomic E-state index is 0. The molecule has 0 heterocycles. The molecule has 29 nitrogen and oxygen atoms in total. The van der Waals surface area contributed by atoms with Crippen LogP contribution in [0.4, 0.5) is 38.9 Å². The van der Waals surface area contributed by atoms with Crippen LogP contribution in [0.25, 0.3) is 21.5 Å². The molecule has 0 unspecified atom stereocenters. The number of anilines is 6. The zero-order chi connectivity index (χ0) is 63.4. The van der Waals surface area contributed by atoms with Gasteiger partial charge in [-0.3, -0.25) is 19.2 Å². The molecule has 0 aromatic heterocycles. The van der Waals surface area contributed by atoms with Crippen molar-refractivity contribution in [3.8, 4) is 0 Å². The molecule has 92 heavy (non-hydrogen) atoms. The van der Waals surface area contributed by atoms with Gasteiger partial charge in [0.2, 0.25) is 0 Å². The van der Waals surface area contributed by atoms with Crippen molar-refractivity contribution in [1.29, 1.82) is 0 Å². The van der Waals surface area contributed by atoms with Crippen molar-refractivity contribution in [2.45, 2.75) is 43.2 Å². The van der Waals surface area contributed by atoms with Crippen molar-refractivity contribution in [3.05, 3.63) is 167 Å². The third kappa shape index (κ3) is 20.5. The van der Waals surface area contributed by atoms with E-state index in [9.17, 15) is 102 Å². The van der Waals surface area contributed by atoms with E-state index in [-0.39, 0.29) is 234 Å². The zero-order valence-corrected chi connectivity index (χ0v) is 65.9. The monoisotopic (exact) mass is 1430 g/mol. The molecular weight excluding hydrogens is 1390 g/mol. The Labute approximate surface area is 657 Å². The van der Waals surface area contributed by atoms with Gasteiger partial charge in [-0.25, -0.2) is 55.3 Å². The molecule has 0 bridgehead atoms. The smallest absolute Gasteiger partial charge is 0.744 e. The van der Waals surface area contributed by atoms with Crippen molar-refractivity contribution in [3.63, 3.8) is 0 Å². The largest absolute Gasteiger partial charge is 1.00 e. The van der Waals surface area contributed by atoms with Crippen molar-refractivity contribution < 1.29 is 279 Å². The van der Waals surface area contributed by atoms with Crippen LogP contribution in [0, 0.1) is 13.8 Å². The number of hydrogen-bond acceptors (Lipinski definition) is 23. The van der Waals surface area contributed by atoms with Gasteiger partial charge in [-0.2, -0.15) is 0 Å². The van der Waals surface area contributed by atoms with Crippen LogP contribution in [0.2, 0.25) is 0 Å². The molecule has 0 aliphatic carbocycles. The molecule has 8 rings (SSSR count). The average Bonchev–Trinajstić information content (AvgIpc) is 0.753. The Morgan fingerprint density at radius 3 is 0.891 bits per heavy atom. The number of benzene rings is 8. The van der Waals surface area contributed by atoms with E-state index in [0.29, 0.717) is 35.4 Å². The summed E-state index contributed by atoms with van der Waals surface area (Å²) in [5.41, 5.74) is -0.846. The second-order valence-electron chi connectivity index (χ2n) is 18.3. The van der Waals surface area contributed by atoms with E-state index in [1.165, 1.54) is 98.8 Å². The van der Waals surface area contributed by atoms with E-state index in [1.54, 1.807) is 0 Å². The van der Waals surface area contributed by atoms with Gasteiger partial charge in [0.25, 0.3) is 23.6 Å². The van der Waals surface area contributed by atoms with Crippen LogP contribution >= 0.6 is 0 Å². The first-order valence-electron chi connectivity index (χ1n) is 23.5. The van der Waals surface area contributed by atoms with Gasteiger partial charge in [0.1, 0.15) is 60.7 Å². The van der Waals surface area contributed by atoms with Gasteiger partial charge >= 0.3 is 183 Å². The number of rotatable bonds is 16. The maximum Gasteiger partial charge on any atom is 1.00 e. The van der Waals surface area contributed by atoms with Crippen molar-refractivity contribution in [2.75, 3.05) is 31.9 Å². The predicted octanol–water partition coefficient (Wildman–Crippen LogP) is -13.3. The van der Waals surface area contributed by atoms with E-state index in [1.807, 2.05) is 0 Å². The van der Waals surface area contributed by atoms with E-state index in [0.717, 1.165) is 12.1 Å². The van der Waals surface area contributed by atoms with Gasteiger partial charge in [0.15, 0.2) is 0 Å². The minimum Gasteiger partial charge on any atom is -0.744 e. The molecule has 0 aliphatic rings. The fourth-order valence-corrected chi connectivity index (χ4v) is 12.5. The van der Waals surface area contributed by atoms with Gasteiger partial charge in [-0.05, 0) is 134 Å². The molecule has 0 radical (unpaired) electrons. The zero-order valence-electron chi connectivity index (χ0n) is 49.0. The maximum absolute atomic E-state index is 13.6. The van der Waals surface area contributed by atoms with Crippen molar-refractivity contribution in [1.82, 2.24) is 0 Å². The summed E-state index contributed by atoms with van der Waals surface area (Å²) in [6.07, 6.45) is 0. The molecule has 0 fully saturated rings. The molecule has 6 N–H and O–H groups in total. The van der Waals surface area contributed by atoms with E-state index < -0.39 is 153 Å². The number of urea groups is 1. The quantitative estimate of drug-likeness (QED) is 0.0386. The summed E-state index contributed by atoms with van der Waals surface area (Å²) in [7, 11) is -33.7. The molecule has 0 saturated carbocycles. The predicted molar refractivity (Wildman–Crippen MR) is 295 cm³/mol. The summed E-state index contributed by atoms with van der Waals surface area (Å²) < 4.78 is 218. The van der Waals surface area contributed by atoms with Crippen molar-refractivity contribution in [2.24, 2.45) is 0 Å². The SMILES string of the molecule is Cc1ccc(C(=O)Nc2ccc(S(=O)(=O)[O-])c3cc(S(=O)(=O)[O-])cc(S(=O)(=O)[O-])c23)cc1NC(=O)c1cccc(NC(=O)Nc2cccc(C(=O)Nc3cc(C(=O)Nc4ccc(S(=O)(=O)[O-])c5cc(S(=O)(=O)[O-])cc(S(=O)(=O)[O-])c45)ccc3C)c2)c1.[Na+].[Na+].[Na+].[Na+].[Na+].[Na+]. The molecule has 8 aromatic carbocycles.